The van der Waals surface area contributed by atoms with E-state index in [2.05, 4.69) is 125 Å². The van der Waals surface area contributed by atoms with Crippen LogP contribution in [0.1, 0.15) is 22.9 Å². The van der Waals surface area contributed by atoms with E-state index in [0.717, 1.165) is 83.1 Å². The summed E-state index contributed by atoms with van der Waals surface area (Å²) in [6, 6.07) is 54.4. The Morgan fingerprint density at radius 3 is 2.02 bits per heavy atom. The minimum Gasteiger partial charge on any atom is -0.456 e. The topological polar surface area (TPSA) is 68.0 Å². The Kier molecular flexibility index (Phi) is 5.92. The Hall–Kier alpha value is -6.92. The largest absolute Gasteiger partial charge is 0.456 e. The van der Waals surface area contributed by atoms with E-state index in [0.29, 0.717) is 5.84 Å². The zero-order chi connectivity index (χ0) is 33.5. The Morgan fingerprint density at radius 2 is 1.20 bits per heavy atom. The maximum atomic E-state index is 6.61. The molecule has 0 amide bonds. The zero-order valence-electron chi connectivity index (χ0n) is 27.2. The Balaban J connectivity index is 1.09. The van der Waals surface area contributed by atoms with Gasteiger partial charge in [-0.3, -0.25) is 0 Å². The Bertz CT molecular complexity index is 3020. The van der Waals surface area contributed by atoms with Crippen molar-refractivity contribution < 1.29 is 8.83 Å². The SMILES string of the molecule is c1ccc(C2=NC(c3ccc4c(c3)oc3cccc(-n5c6ccccc6c6ccccc65)c34)=NC(c3cccc4c3oc3ccccc34)N2)cc1. The molecule has 0 saturated heterocycles. The molecule has 1 N–H and O–H groups in total. The van der Waals surface area contributed by atoms with Crippen molar-refractivity contribution in [1.82, 2.24) is 9.88 Å². The second-order valence-corrected chi connectivity index (χ2v) is 13.0. The number of nitrogens with one attached hydrogen (secondary N) is 1. The summed E-state index contributed by atoms with van der Waals surface area (Å²) < 4.78 is 15.4. The molecule has 0 fully saturated rings. The third-order valence-electron chi connectivity index (χ3n) is 10.1. The predicted octanol–water partition coefficient (Wildman–Crippen LogP) is 11.1. The number of hydrogen-bond acceptors (Lipinski definition) is 5. The smallest absolute Gasteiger partial charge is 0.159 e. The van der Waals surface area contributed by atoms with Gasteiger partial charge in [0.1, 0.15) is 28.2 Å². The number of rotatable bonds is 4. The summed E-state index contributed by atoms with van der Waals surface area (Å²) in [7, 11) is 0. The van der Waals surface area contributed by atoms with E-state index in [1.165, 1.54) is 10.8 Å². The highest BCUT2D eigenvalue weighted by Gasteiger charge is 2.25. The first-order valence-electron chi connectivity index (χ1n) is 17.1. The van der Waals surface area contributed by atoms with Crippen molar-refractivity contribution in [3.05, 3.63) is 174 Å². The molecule has 0 bridgehead atoms. The number of amidine groups is 2. The molecule has 7 aromatic carbocycles. The second kappa shape index (κ2) is 10.8. The van der Waals surface area contributed by atoms with Crippen LogP contribution in [0.2, 0.25) is 0 Å². The fraction of sp³-hybridized carbons (Fsp3) is 0.0222. The monoisotopic (exact) mass is 656 g/mol. The van der Waals surface area contributed by atoms with Gasteiger partial charge >= 0.3 is 0 Å². The van der Waals surface area contributed by atoms with Gasteiger partial charge in [-0.25, -0.2) is 9.98 Å². The molecule has 0 radical (unpaired) electrons. The van der Waals surface area contributed by atoms with Crippen molar-refractivity contribution in [1.29, 1.82) is 0 Å². The lowest BCUT2D eigenvalue weighted by Crippen LogP contribution is -2.33. The van der Waals surface area contributed by atoms with Crippen molar-refractivity contribution in [3.63, 3.8) is 0 Å². The lowest BCUT2D eigenvalue weighted by Gasteiger charge is -2.23. The van der Waals surface area contributed by atoms with Crippen LogP contribution in [0.3, 0.4) is 0 Å². The van der Waals surface area contributed by atoms with Gasteiger partial charge < -0.3 is 18.7 Å². The number of para-hydroxylation sites is 4. The van der Waals surface area contributed by atoms with Crippen LogP contribution in [0.4, 0.5) is 0 Å². The third-order valence-corrected chi connectivity index (χ3v) is 10.1. The first kappa shape index (κ1) is 28.0. The highest BCUT2D eigenvalue weighted by molar-refractivity contribution is 6.17. The lowest BCUT2D eigenvalue weighted by atomic mass is 10.0. The predicted molar refractivity (Wildman–Crippen MR) is 207 cm³/mol. The van der Waals surface area contributed by atoms with Crippen molar-refractivity contribution in [2.24, 2.45) is 9.98 Å². The summed E-state index contributed by atoms with van der Waals surface area (Å²) in [6.07, 6.45) is -0.426. The molecule has 0 spiro atoms. The van der Waals surface area contributed by atoms with Crippen LogP contribution in [0, 0.1) is 0 Å². The molecule has 240 valence electrons. The quantitative estimate of drug-likeness (QED) is 0.205. The molecule has 0 aliphatic carbocycles. The van der Waals surface area contributed by atoms with E-state index in [9.17, 15) is 0 Å². The first-order valence-corrected chi connectivity index (χ1v) is 17.1. The first-order chi connectivity index (χ1) is 25.3. The van der Waals surface area contributed by atoms with E-state index in [1.54, 1.807) is 0 Å². The van der Waals surface area contributed by atoms with Crippen molar-refractivity contribution >= 4 is 77.4 Å². The summed E-state index contributed by atoms with van der Waals surface area (Å²) in [5, 5.41) is 10.3. The molecular weight excluding hydrogens is 629 g/mol. The number of aliphatic imine (C=N–C) groups is 2. The normalized spacial score (nSPS) is 14.9. The number of furan rings is 2. The van der Waals surface area contributed by atoms with Crippen LogP contribution >= 0.6 is 0 Å². The summed E-state index contributed by atoms with van der Waals surface area (Å²) >= 11 is 0. The molecule has 6 heteroatoms. The molecule has 1 unspecified atom stereocenters. The minimum absolute atomic E-state index is 0.426. The number of benzene rings is 7. The Morgan fingerprint density at radius 1 is 0.510 bits per heavy atom. The van der Waals surface area contributed by atoms with Gasteiger partial charge in [0.25, 0.3) is 0 Å². The molecular formula is C45H28N4O2. The Labute approximate surface area is 291 Å². The molecule has 1 aliphatic rings. The van der Waals surface area contributed by atoms with Gasteiger partial charge in [-0.1, -0.05) is 115 Å². The van der Waals surface area contributed by atoms with Crippen LogP contribution < -0.4 is 5.32 Å². The maximum Gasteiger partial charge on any atom is 0.159 e. The van der Waals surface area contributed by atoms with E-state index in [1.807, 2.05) is 42.5 Å². The van der Waals surface area contributed by atoms with Gasteiger partial charge in [-0.05, 0) is 42.5 Å². The average molecular weight is 657 g/mol. The average Bonchev–Trinajstić information content (AvgIpc) is 3.87. The molecule has 1 aliphatic heterocycles. The number of hydrogen-bond donors (Lipinski definition) is 1. The van der Waals surface area contributed by atoms with Crippen LogP contribution in [0.5, 0.6) is 0 Å². The van der Waals surface area contributed by atoms with Crippen LogP contribution in [0.15, 0.2) is 177 Å². The molecule has 10 aromatic rings. The number of nitrogens with zero attached hydrogens (tertiary/aromatic N) is 3. The zero-order valence-corrected chi connectivity index (χ0v) is 27.2. The van der Waals surface area contributed by atoms with Gasteiger partial charge in [0.15, 0.2) is 12.0 Å². The molecule has 3 aromatic heterocycles. The lowest BCUT2D eigenvalue weighted by molar-refractivity contribution is 0.628. The second-order valence-electron chi connectivity index (χ2n) is 13.0. The summed E-state index contributed by atoms with van der Waals surface area (Å²) in [4.78, 5) is 10.3. The van der Waals surface area contributed by atoms with Crippen molar-refractivity contribution in [3.8, 4) is 5.69 Å². The van der Waals surface area contributed by atoms with Gasteiger partial charge in [-0.2, -0.15) is 0 Å². The fourth-order valence-corrected chi connectivity index (χ4v) is 7.78. The fourth-order valence-electron chi connectivity index (χ4n) is 7.78. The van der Waals surface area contributed by atoms with Crippen LogP contribution in [-0.2, 0) is 0 Å². The summed E-state index contributed by atoms with van der Waals surface area (Å²) in [5.41, 5.74) is 9.49. The molecule has 11 rings (SSSR count). The van der Waals surface area contributed by atoms with E-state index in [4.69, 9.17) is 18.8 Å². The van der Waals surface area contributed by atoms with Gasteiger partial charge in [0.05, 0.1) is 22.1 Å². The highest BCUT2D eigenvalue weighted by atomic mass is 16.3. The minimum atomic E-state index is -0.426. The van der Waals surface area contributed by atoms with Crippen molar-refractivity contribution in [2.45, 2.75) is 6.17 Å². The van der Waals surface area contributed by atoms with Crippen LogP contribution in [0.25, 0.3) is 71.4 Å². The van der Waals surface area contributed by atoms with Gasteiger partial charge in [-0.15, -0.1) is 0 Å². The molecule has 51 heavy (non-hydrogen) atoms. The van der Waals surface area contributed by atoms with E-state index >= 15 is 0 Å². The molecule has 4 heterocycles. The van der Waals surface area contributed by atoms with E-state index in [-0.39, 0.29) is 0 Å². The standard InChI is InChI=1S/C45H28N4O2/c1-2-12-27(13-3-1)43-46-44(48-45(47-43)34-18-10-17-32-31-16-6-9-22-38(31)51-42(32)34)28-24-25-33-40(26-28)50-39-23-11-21-37(41(33)39)49-35-19-7-4-14-29(35)30-15-5-8-20-36(30)49/h1-26,45H,(H,46,47,48). The molecule has 6 nitrogen and oxygen atoms in total. The van der Waals surface area contributed by atoms with Gasteiger partial charge in [0.2, 0.25) is 0 Å². The molecule has 1 atom stereocenters. The summed E-state index contributed by atoms with van der Waals surface area (Å²) in [5.74, 6) is 1.37. The van der Waals surface area contributed by atoms with E-state index < -0.39 is 6.17 Å². The molecule has 0 saturated carbocycles. The highest BCUT2D eigenvalue weighted by Crippen LogP contribution is 2.39. The van der Waals surface area contributed by atoms with Crippen LogP contribution in [-0.4, -0.2) is 16.2 Å². The van der Waals surface area contributed by atoms with Crippen molar-refractivity contribution in [2.75, 3.05) is 0 Å². The maximum absolute atomic E-state index is 6.61. The summed E-state index contributed by atoms with van der Waals surface area (Å²) in [6.45, 7) is 0. The van der Waals surface area contributed by atoms with Gasteiger partial charge in [0, 0.05) is 43.6 Å². The number of aromatic nitrogens is 1. The third kappa shape index (κ3) is 4.23. The number of fused-ring (bicyclic) bond motifs is 9.